The lowest BCUT2D eigenvalue weighted by Crippen LogP contribution is -2.14. The van der Waals surface area contributed by atoms with Crippen LogP contribution in [0, 0.1) is 0 Å². The van der Waals surface area contributed by atoms with E-state index in [-0.39, 0.29) is 15.7 Å². The predicted molar refractivity (Wildman–Crippen MR) is 79.2 cm³/mol. The van der Waals surface area contributed by atoms with E-state index in [1.807, 2.05) is 0 Å². The van der Waals surface area contributed by atoms with E-state index in [4.69, 9.17) is 5.73 Å². The Labute approximate surface area is 125 Å². The van der Waals surface area contributed by atoms with Gasteiger partial charge in [0.25, 0.3) is 10.0 Å². The normalized spacial score (nSPS) is 11.4. The molecule has 0 aliphatic heterocycles. The van der Waals surface area contributed by atoms with Crippen LogP contribution in [0.25, 0.3) is 0 Å². The number of sulfonamides is 1. The summed E-state index contributed by atoms with van der Waals surface area (Å²) in [5.74, 6) is 0. The highest BCUT2D eigenvalue weighted by Crippen LogP contribution is 2.28. The number of rotatable bonds is 3. The number of benzene rings is 1. The van der Waals surface area contributed by atoms with Crippen molar-refractivity contribution in [2.24, 2.45) is 0 Å². The number of hydrogen-bond acceptors (Lipinski definition) is 5. The third-order valence-corrected chi connectivity index (χ3v) is 5.37. The number of nitrogen functional groups attached to an aromatic ring is 1. The summed E-state index contributed by atoms with van der Waals surface area (Å²) in [7, 11) is -3.73. The van der Waals surface area contributed by atoms with E-state index in [9.17, 15) is 8.42 Å². The Hall–Kier alpha value is -0.640. The van der Waals surface area contributed by atoms with Crippen LogP contribution in [0.5, 0.6) is 0 Å². The fourth-order valence-electron chi connectivity index (χ4n) is 1.21. The monoisotopic (exact) mass is 411 g/mol. The first-order valence-corrected chi connectivity index (χ1v) is 8.46. The van der Waals surface area contributed by atoms with E-state index in [1.54, 1.807) is 6.07 Å². The molecule has 0 fully saturated rings. The number of anilines is 2. The SMILES string of the molecule is Nc1ccc(Br)cc1S(=O)(=O)Nc1ncc(Br)s1. The van der Waals surface area contributed by atoms with E-state index < -0.39 is 10.0 Å². The Kier molecular flexibility index (Phi) is 3.95. The van der Waals surface area contributed by atoms with Gasteiger partial charge in [-0.15, -0.1) is 0 Å². The Morgan fingerprint density at radius 1 is 1.33 bits per heavy atom. The highest BCUT2D eigenvalue weighted by atomic mass is 79.9. The molecule has 0 unspecified atom stereocenters. The van der Waals surface area contributed by atoms with E-state index >= 15 is 0 Å². The minimum absolute atomic E-state index is 0.0168. The summed E-state index contributed by atoms with van der Waals surface area (Å²) in [5, 5.41) is 0.279. The second-order valence-corrected chi connectivity index (χ2v) is 8.23. The van der Waals surface area contributed by atoms with Crippen LogP contribution in [0.1, 0.15) is 0 Å². The van der Waals surface area contributed by atoms with Crippen LogP contribution in [0.15, 0.2) is 37.6 Å². The standard InChI is InChI=1S/C9H7Br2N3O2S2/c10-5-1-2-6(12)7(3-5)18(15,16)14-9-13-4-8(11)17-9/h1-4H,12H2,(H,13,14). The van der Waals surface area contributed by atoms with E-state index in [2.05, 4.69) is 41.6 Å². The van der Waals surface area contributed by atoms with Crippen LogP contribution in [0.4, 0.5) is 10.8 Å². The van der Waals surface area contributed by atoms with Crippen molar-refractivity contribution < 1.29 is 8.42 Å². The van der Waals surface area contributed by atoms with E-state index in [0.29, 0.717) is 4.47 Å². The minimum Gasteiger partial charge on any atom is -0.398 e. The maximum Gasteiger partial charge on any atom is 0.265 e. The lowest BCUT2D eigenvalue weighted by molar-refractivity contribution is 0.601. The molecule has 5 nitrogen and oxygen atoms in total. The zero-order valence-corrected chi connectivity index (χ0v) is 13.5. The molecule has 18 heavy (non-hydrogen) atoms. The van der Waals surface area contributed by atoms with Gasteiger partial charge in [-0.05, 0) is 34.1 Å². The fourth-order valence-corrected chi connectivity index (χ4v) is 4.23. The molecule has 1 heterocycles. The maximum atomic E-state index is 12.1. The Morgan fingerprint density at radius 3 is 2.67 bits per heavy atom. The molecule has 2 rings (SSSR count). The van der Waals surface area contributed by atoms with Crippen LogP contribution < -0.4 is 10.5 Å². The molecule has 0 amide bonds. The smallest absolute Gasteiger partial charge is 0.265 e. The molecular formula is C9H7Br2N3O2S2. The van der Waals surface area contributed by atoms with Gasteiger partial charge in [0.05, 0.1) is 15.7 Å². The van der Waals surface area contributed by atoms with Gasteiger partial charge in [0.2, 0.25) is 0 Å². The van der Waals surface area contributed by atoms with Gasteiger partial charge in [0.1, 0.15) is 4.90 Å². The van der Waals surface area contributed by atoms with Crippen molar-refractivity contribution in [3.8, 4) is 0 Å². The number of nitrogens with zero attached hydrogens (tertiary/aromatic N) is 1. The van der Waals surface area contributed by atoms with Crippen LogP contribution in [0.2, 0.25) is 0 Å². The molecule has 9 heteroatoms. The zero-order valence-electron chi connectivity index (χ0n) is 8.72. The van der Waals surface area contributed by atoms with Crippen molar-refractivity contribution in [3.63, 3.8) is 0 Å². The average molecular weight is 413 g/mol. The number of nitrogens with two attached hydrogens (primary N) is 1. The van der Waals surface area contributed by atoms with Crippen molar-refractivity contribution in [1.29, 1.82) is 0 Å². The van der Waals surface area contributed by atoms with E-state index in [0.717, 1.165) is 3.79 Å². The average Bonchev–Trinajstić information content (AvgIpc) is 2.66. The van der Waals surface area contributed by atoms with Gasteiger partial charge < -0.3 is 5.73 Å². The molecule has 0 radical (unpaired) electrons. The van der Waals surface area contributed by atoms with Gasteiger partial charge in [-0.25, -0.2) is 13.4 Å². The zero-order chi connectivity index (χ0) is 13.3. The van der Waals surface area contributed by atoms with Crippen LogP contribution in [0.3, 0.4) is 0 Å². The number of aromatic nitrogens is 1. The highest BCUT2D eigenvalue weighted by Gasteiger charge is 2.19. The third kappa shape index (κ3) is 3.02. The summed E-state index contributed by atoms with van der Waals surface area (Å²) < 4.78 is 28.0. The summed E-state index contributed by atoms with van der Waals surface area (Å²) in [6, 6.07) is 4.64. The Balaban J connectivity index is 2.39. The molecule has 0 aliphatic rings. The molecule has 0 bridgehead atoms. The Morgan fingerprint density at radius 2 is 2.06 bits per heavy atom. The number of nitrogens with one attached hydrogen (secondary N) is 1. The second kappa shape index (κ2) is 5.16. The summed E-state index contributed by atoms with van der Waals surface area (Å²) in [5.41, 5.74) is 5.85. The predicted octanol–water partition coefficient (Wildman–Crippen LogP) is 3.05. The minimum atomic E-state index is -3.73. The summed E-state index contributed by atoms with van der Waals surface area (Å²) in [4.78, 5) is 3.92. The van der Waals surface area contributed by atoms with Crippen molar-refractivity contribution in [1.82, 2.24) is 4.98 Å². The quantitative estimate of drug-likeness (QED) is 0.758. The molecule has 3 N–H and O–H groups in total. The first-order chi connectivity index (χ1) is 8.38. The first-order valence-electron chi connectivity index (χ1n) is 4.57. The van der Waals surface area contributed by atoms with Gasteiger partial charge in [-0.3, -0.25) is 4.72 Å². The van der Waals surface area contributed by atoms with E-state index in [1.165, 1.54) is 29.7 Å². The molecule has 0 aliphatic carbocycles. The van der Waals surface area contributed by atoms with Gasteiger partial charge in [-0.1, -0.05) is 27.3 Å². The molecule has 0 saturated heterocycles. The van der Waals surface area contributed by atoms with Crippen molar-refractivity contribution in [2.75, 3.05) is 10.5 Å². The topological polar surface area (TPSA) is 85.1 Å². The summed E-state index contributed by atoms with van der Waals surface area (Å²) in [6.07, 6.45) is 1.52. The van der Waals surface area contributed by atoms with Gasteiger partial charge >= 0.3 is 0 Å². The molecule has 1 aromatic carbocycles. The first kappa shape index (κ1) is 13.8. The van der Waals surface area contributed by atoms with Gasteiger partial charge in [0, 0.05) is 4.47 Å². The highest BCUT2D eigenvalue weighted by molar-refractivity contribution is 9.11. The van der Waals surface area contributed by atoms with Crippen LogP contribution in [-0.2, 0) is 10.0 Å². The number of halogens is 2. The second-order valence-electron chi connectivity index (χ2n) is 3.26. The van der Waals surface area contributed by atoms with Crippen molar-refractivity contribution >= 4 is 64.0 Å². The molecule has 96 valence electrons. The van der Waals surface area contributed by atoms with Gasteiger partial charge in [-0.2, -0.15) is 0 Å². The van der Waals surface area contributed by atoms with Crippen molar-refractivity contribution in [2.45, 2.75) is 4.90 Å². The number of thiazole rings is 1. The molecule has 0 spiro atoms. The van der Waals surface area contributed by atoms with Gasteiger partial charge in [0.15, 0.2) is 5.13 Å². The molecule has 0 atom stereocenters. The largest absolute Gasteiger partial charge is 0.398 e. The maximum absolute atomic E-state index is 12.1. The summed E-state index contributed by atoms with van der Waals surface area (Å²) in [6.45, 7) is 0. The third-order valence-electron chi connectivity index (χ3n) is 1.96. The summed E-state index contributed by atoms with van der Waals surface area (Å²) >= 11 is 7.60. The van der Waals surface area contributed by atoms with Crippen LogP contribution in [-0.4, -0.2) is 13.4 Å². The molecule has 1 aromatic heterocycles. The molecule has 2 aromatic rings. The number of hydrogen-bond donors (Lipinski definition) is 2. The van der Waals surface area contributed by atoms with Crippen molar-refractivity contribution in [3.05, 3.63) is 32.7 Å². The Bertz CT molecular complexity index is 685. The fraction of sp³-hybridized carbons (Fsp3) is 0. The molecular weight excluding hydrogens is 406 g/mol. The lowest BCUT2D eigenvalue weighted by Gasteiger charge is -2.08. The van der Waals surface area contributed by atoms with Crippen LogP contribution >= 0.6 is 43.2 Å². The lowest BCUT2D eigenvalue weighted by atomic mass is 10.3. The molecule has 0 saturated carbocycles.